The highest BCUT2D eigenvalue weighted by atomic mass is 16.1. The van der Waals surface area contributed by atoms with Gasteiger partial charge in [0.05, 0.1) is 0 Å². The average molecular weight is 263 g/mol. The Labute approximate surface area is 113 Å². The maximum atomic E-state index is 10.9. The largest absolute Gasteiger partial charge is 0.384 e. The molecule has 0 radical (unpaired) electrons. The second kappa shape index (κ2) is 5.86. The number of aromatic nitrogens is 2. The van der Waals surface area contributed by atoms with Crippen LogP contribution in [0.25, 0.3) is 0 Å². The van der Waals surface area contributed by atoms with E-state index in [1.807, 2.05) is 13.0 Å². The minimum absolute atomic E-state index is 0.210. The van der Waals surface area contributed by atoms with Gasteiger partial charge in [-0.15, -0.1) is 0 Å². The molecule has 1 fully saturated rings. The summed E-state index contributed by atoms with van der Waals surface area (Å²) in [6, 6.07) is 1.81. The van der Waals surface area contributed by atoms with Crippen LogP contribution >= 0.6 is 0 Å². The van der Waals surface area contributed by atoms with Gasteiger partial charge in [-0.2, -0.15) is 0 Å². The standard InChI is InChI=1S/C13H21N5O/c1-2-12-16-10(14)8-13(17-12)18-5-3-9(4-6-18)7-11(15)19/h8-9H,2-7H2,1H3,(H2,15,19)(H2,14,16,17). The molecular weight excluding hydrogens is 242 g/mol. The van der Waals surface area contributed by atoms with Gasteiger partial charge in [-0.3, -0.25) is 4.79 Å². The van der Waals surface area contributed by atoms with Crippen molar-refractivity contribution in [2.75, 3.05) is 23.7 Å². The fourth-order valence-electron chi connectivity index (χ4n) is 2.47. The van der Waals surface area contributed by atoms with E-state index in [0.29, 0.717) is 18.2 Å². The lowest BCUT2D eigenvalue weighted by atomic mass is 9.93. The molecule has 0 aromatic carbocycles. The quantitative estimate of drug-likeness (QED) is 0.833. The molecule has 1 saturated heterocycles. The highest BCUT2D eigenvalue weighted by Gasteiger charge is 2.22. The third-order valence-corrected chi connectivity index (χ3v) is 3.52. The molecule has 0 unspecified atom stereocenters. The summed E-state index contributed by atoms with van der Waals surface area (Å²) in [4.78, 5) is 21.8. The molecule has 0 atom stereocenters. The summed E-state index contributed by atoms with van der Waals surface area (Å²) in [5.74, 6) is 2.37. The van der Waals surface area contributed by atoms with Crippen molar-refractivity contribution in [3.05, 3.63) is 11.9 Å². The van der Waals surface area contributed by atoms with E-state index in [1.165, 1.54) is 0 Å². The van der Waals surface area contributed by atoms with Crippen molar-refractivity contribution in [3.63, 3.8) is 0 Å². The third kappa shape index (κ3) is 3.56. The van der Waals surface area contributed by atoms with Crippen molar-refractivity contribution >= 4 is 17.5 Å². The molecular formula is C13H21N5O. The van der Waals surface area contributed by atoms with Crippen molar-refractivity contribution < 1.29 is 4.79 Å². The highest BCUT2D eigenvalue weighted by molar-refractivity contribution is 5.74. The van der Waals surface area contributed by atoms with Crippen LogP contribution in [-0.2, 0) is 11.2 Å². The molecule has 19 heavy (non-hydrogen) atoms. The number of carbonyl (C=O) groups excluding carboxylic acids is 1. The van der Waals surface area contributed by atoms with Crippen LogP contribution in [0.3, 0.4) is 0 Å². The number of primary amides is 1. The third-order valence-electron chi connectivity index (χ3n) is 3.52. The first-order valence-electron chi connectivity index (χ1n) is 6.75. The molecule has 0 spiro atoms. The number of nitrogen functional groups attached to an aromatic ring is 1. The molecule has 0 bridgehead atoms. The van der Waals surface area contributed by atoms with Crippen LogP contribution in [0.1, 0.15) is 32.0 Å². The van der Waals surface area contributed by atoms with Gasteiger partial charge in [-0.25, -0.2) is 9.97 Å². The maximum absolute atomic E-state index is 10.9. The number of hydrogen-bond acceptors (Lipinski definition) is 5. The Bertz CT molecular complexity index is 454. The number of piperidine rings is 1. The van der Waals surface area contributed by atoms with Crippen LogP contribution < -0.4 is 16.4 Å². The van der Waals surface area contributed by atoms with E-state index < -0.39 is 0 Å². The smallest absolute Gasteiger partial charge is 0.217 e. The summed E-state index contributed by atoms with van der Waals surface area (Å²) in [5, 5.41) is 0. The Hall–Kier alpha value is -1.85. The summed E-state index contributed by atoms with van der Waals surface area (Å²) < 4.78 is 0. The number of carbonyl (C=O) groups is 1. The second-order valence-electron chi connectivity index (χ2n) is 5.02. The van der Waals surface area contributed by atoms with Crippen molar-refractivity contribution in [2.24, 2.45) is 11.7 Å². The van der Waals surface area contributed by atoms with Crippen molar-refractivity contribution in [2.45, 2.75) is 32.6 Å². The summed E-state index contributed by atoms with van der Waals surface area (Å²) >= 11 is 0. The van der Waals surface area contributed by atoms with Gasteiger partial charge in [0.25, 0.3) is 0 Å². The van der Waals surface area contributed by atoms with Gasteiger partial charge in [0.15, 0.2) is 0 Å². The maximum Gasteiger partial charge on any atom is 0.217 e. The normalized spacial score (nSPS) is 16.6. The predicted molar refractivity (Wildman–Crippen MR) is 74.6 cm³/mol. The number of aryl methyl sites for hydroxylation is 1. The molecule has 6 nitrogen and oxygen atoms in total. The zero-order valence-corrected chi connectivity index (χ0v) is 11.3. The summed E-state index contributed by atoms with van der Waals surface area (Å²) in [6.45, 7) is 3.78. The van der Waals surface area contributed by atoms with Crippen LogP contribution in [0.15, 0.2) is 6.07 Å². The van der Waals surface area contributed by atoms with Crippen molar-refractivity contribution in [1.29, 1.82) is 0 Å². The first-order valence-corrected chi connectivity index (χ1v) is 6.75. The Morgan fingerprint density at radius 2 is 2.11 bits per heavy atom. The molecule has 4 N–H and O–H groups in total. The molecule has 1 aromatic heterocycles. The van der Waals surface area contributed by atoms with Crippen LogP contribution in [0.4, 0.5) is 11.6 Å². The van der Waals surface area contributed by atoms with Crippen LogP contribution in [-0.4, -0.2) is 29.0 Å². The van der Waals surface area contributed by atoms with Gasteiger partial charge in [0.1, 0.15) is 17.5 Å². The van der Waals surface area contributed by atoms with Crippen molar-refractivity contribution in [1.82, 2.24) is 9.97 Å². The number of anilines is 2. The summed E-state index contributed by atoms with van der Waals surface area (Å²) in [6.07, 6.45) is 3.19. The van der Waals surface area contributed by atoms with E-state index in [-0.39, 0.29) is 5.91 Å². The number of nitrogens with two attached hydrogens (primary N) is 2. The van der Waals surface area contributed by atoms with Gasteiger partial charge in [-0.05, 0) is 18.8 Å². The number of hydrogen-bond donors (Lipinski definition) is 2. The molecule has 0 saturated carbocycles. The van der Waals surface area contributed by atoms with Crippen LogP contribution in [0.5, 0.6) is 0 Å². The predicted octanol–water partition coefficient (Wildman–Crippen LogP) is 0.713. The lowest BCUT2D eigenvalue weighted by Gasteiger charge is -2.32. The van der Waals surface area contributed by atoms with Gasteiger partial charge in [-0.1, -0.05) is 6.92 Å². The zero-order chi connectivity index (χ0) is 13.8. The Morgan fingerprint density at radius 1 is 1.42 bits per heavy atom. The molecule has 1 aliphatic rings. The second-order valence-corrected chi connectivity index (χ2v) is 5.02. The Balaban J connectivity index is 2.01. The monoisotopic (exact) mass is 263 g/mol. The first kappa shape index (κ1) is 13.6. The molecule has 2 heterocycles. The van der Waals surface area contributed by atoms with Crippen LogP contribution in [0, 0.1) is 5.92 Å². The molecule has 0 aliphatic carbocycles. The van der Waals surface area contributed by atoms with Gasteiger partial charge in [0.2, 0.25) is 5.91 Å². The van der Waals surface area contributed by atoms with E-state index in [2.05, 4.69) is 14.9 Å². The van der Waals surface area contributed by atoms with Gasteiger partial charge < -0.3 is 16.4 Å². The van der Waals surface area contributed by atoms with Crippen LogP contribution in [0.2, 0.25) is 0 Å². The van der Waals surface area contributed by atoms with E-state index >= 15 is 0 Å². The molecule has 1 aliphatic heterocycles. The zero-order valence-electron chi connectivity index (χ0n) is 11.3. The highest BCUT2D eigenvalue weighted by Crippen LogP contribution is 2.24. The molecule has 1 amide bonds. The summed E-state index contributed by atoms with van der Waals surface area (Å²) in [5.41, 5.74) is 11.0. The van der Waals surface area contributed by atoms with E-state index in [0.717, 1.165) is 44.0 Å². The minimum Gasteiger partial charge on any atom is -0.384 e. The van der Waals surface area contributed by atoms with Crippen molar-refractivity contribution in [3.8, 4) is 0 Å². The fourth-order valence-corrected chi connectivity index (χ4v) is 2.47. The Morgan fingerprint density at radius 3 is 2.68 bits per heavy atom. The van der Waals surface area contributed by atoms with E-state index in [9.17, 15) is 4.79 Å². The number of amides is 1. The van der Waals surface area contributed by atoms with E-state index in [1.54, 1.807) is 0 Å². The fraction of sp³-hybridized carbons (Fsp3) is 0.615. The lowest BCUT2D eigenvalue weighted by Crippen LogP contribution is -2.35. The molecule has 1 aromatic rings. The summed E-state index contributed by atoms with van der Waals surface area (Å²) in [7, 11) is 0. The topological polar surface area (TPSA) is 98.1 Å². The number of rotatable bonds is 4. The number of nitrogens with zero attached hydrogens (tertiary/aromatic N) is 3. The average Bonchev–Trinajstić information content (AvgIpc) is 2.38. The SMILES string of the molecule is CCc1nc(N)cc(N2CCC(CC(N)=O)CC2)n1. The van der Waals surface area contributed by atoms with E-state index in [4.69, 9.17) is 11.5 Å². The first-order chi connectivity index (χ1) is 9.08. The molecule has 104 valence electrons. The lowest BCUT2D eigenvalue weighted by molar-refractivity contribution is -0.119. The molecule has 2 rings (SSSR count). The Kier molecular flexibility index (Phi) is 4.19. The van der Waals surface area contributed by atoms with Gasteiger partial charge in [0, 0.05) is 32.0 Å². The molecule has 6 heteroatoms. The van der Waals surface area contributed by atoms with Gasteiger partial charge >= 0.3 is 0 Å². The minimum atomic E-state index is -0.210.